The number of hydrogen-bond donors (Lipinski definition) is 2. The van der Waals surface area contributed by atoms with Gasteiger partial charge in [-0.05, 0) is 94.6 Å². The van der Waals surface area contributed by atoms with Gasteiger partial charge >= 0.3 is 0 Å². The molecular weight excluding hydrogens is 448 g/mol. The molecule has 0 spiro atoms. The van der Waals surface area contributed by atoms with E-state index >= 15 is 0 Å². The van der Waals surface area contributed by atoms with Gasteiger partial charge in [0.25, 0.3) is 5.91 Å². The highest BCUT2D eigenvalue weighted by atomic mass is 16.2. The average Bonchev–Trinajstić information content (AvgIpc) is 2.91. The number of piperidine rings is 1. The van der Waals surface area contributed by atoms with Crippen LogP contribution in [0.5, 0.6) is 0 Å². The summed E-state index contributed by atoms with van der Waals surface area (Å²) in [6.07, 6.45) is 7.94. The SMILES string of the molecule is CCN(CC)C(=O)C1C=CC=C(c2cccc(C(=O)Nc3ccc(C)nc3C)c2)C1=C1CCNCC1. The Morgan fingerprint density at radius 3 is 2.53 bits per heavy atom. The van der Waals surface area contributed by atoms with Crippen molar-refractivity contribution in [1.29, 1.82) is 0 Å². The number of hydrogen-bond acceptors (Lipinski definition) is 4. The zero-order valence-electron chi connectivity index (χ0n) is 21.7. The van der Waals surface area contributed by atoms with Gasteiger partial charge in [0.05, 0.1) is 17.3 Å². The van der Waals surface area contributed by atoms with Crippen LogP contribution in [0.4, 0.5) is 5.69 Å². The maximum Gasteiger partial charge on any atom is 0.255 e. The number of amides is 2. The summed E-state index contributed by atoms with van der Waals surface area (Å²) in [6, 6.07) is 11.5. The summed E-state index contributed by atoms with van der Waals surface area (Å²) >= 11 is 0. The molecule has 6 heteroatoms. The molecular formula is C30H36N4O2. The molecule has 2 N–H and O–H groups in total. The predicted molar refractivity (Wildman–Crippen MR) is 146 cm³/mol. The van der Waals surface area contributed by atoms with E-state index in [1.54, 1.807) is 0 Å². The molecule has 1 aliphatic carbocycles. The number of nitrogens with zero attached hydrogens (tertiary/aromatic N) is 2. The third-order valence-electron chi connectivity index (χ3n) is 7.01. The number of anilines is 1. The van der Waals surface area contributed by atoms with Crippen LogP contribution in [0, 0.1) is 19.8 Å². The number of rotatable bonds is 6. The van der Waals surface area contributed by atoms with Crippen molar-refractivity contribution in [3.05, 3.63) is 88.3 Å². The first kappa shape index (κ1) is 25.6. The molecule has 2 aromatic rings. The molecule has 2 amide bonds. The van der Waals surface area contributed by atoms with Gasteiger partial charge in [-0.15, -0.1) is 0 Å². The number of carbonyl (C=O) groups excluding carboxylic acids is 2. The topological polar surface area (TPSA) is 74.3 Å². The van der Waals surface area contributed by atoms with E-state index in [1.165, 1.54) is 5.57 Å². The van der Waals surface area contributed by atoms with Gasteiger partial charge < -0.3 is 15.5 Å². The van der Waals surface area contributed by atoms with E-state index in [2.05, 4.69) is 21.7 Å². The highest BCUT2D eigenvalue weighted by molar-refractivity contribution is 6.05. The van der Waals surface area contributed by atoms with Crippen LogP contribution < -0.4 is 10.6 Å². The van der Waals surface area contributed by atoms with Crippen LogP contribution in [-0.2, 0) is 4.79 Å². The van der Waals surface area contributed by atoms with Crippen molar-refractivity contribution in [1.82, 2.24) is 15.2 Å². The van der Waals surface area contributed by atoms with Gasteiger partial charge in [0.15, 0.2) is 0 Å². The maximum absolute atomic E-state index is 13.6. The molecule has 1 atom stereocenters. The van der Waals surface area contributed by atoms with Crippen LogP contribution in [0.2, 0.25) is 0 Å². The fraction of sp³-hybridized carbons (Fsp3) is 0.367. The minimum Gasteiger partial charge on any atom is -0.342 e. The van der Waals surface area contributed by atoms with Crippen molar-refractivity contribution < 1.29 is 9.59 Å². The van der Waals surface area contributed by atoms with Crippen LogP contribution in [0.3, 0.4) is 0 Å². The van der Waals surface area contributed by atoms with E-state index in [1.807, 2.05) is 81.1 Å². The van der Waals surface area contributed by atoms with Crippen LogP contribution >= 0.6 is 0 Å². The highest BCUT2D eigenvalue weighted by Gasteiger charge is 2.31. The number of pyridine rings is 1. The van der Waals surface area contributed by atoms with Crippen LogP contribution in [0.1, 0.15) is 54.0 Å². The fourth-order valence-electron chi connectivity index (χ4n) is 5.06. The summed E-state index contributed by atoms with van der Waals surface area (Å²) in [5.41, 5.74) is 7.39. The second-order valence-corrected chi connectivity index (χ2v) is 9.34. The Labute approximate surface area is 214 Å². The van der Waals surface area contributed by atoms with Gasteiger partial charge in [0.1, 0.15) is 0 Å². The Morgan fingerprint density at radius 2 is 1.83 bits per heavy atom. The van der Waals surface area contributed by atoms with Crippen molar-refractivity contribution >= 4 is 23.1 Å². The number of aryl methyl sites for hydroxylation is 2. The number of allylic oxidation sites excluding steroid dienone is 3. The van der Waals surface area contributed by atoms with Crippen molar-refractivity contribution in [2.45, 2.75) is 40.5 Å². The van der Waals surface area contributed by atoms with Crippen LogP contribution in [0.25, 0.3) is 5.57 Å². The number of carbonyl (C=O) groups is 2. The minimum absolute atomic E-state index is 0.138. The van der Waals surface area contributed by atoms with Crippen molar-refractivity contribution in [3.63, 3.8) is 0 Å². The lowest BCUT2D eigenvalue weighted by Gasteiger charge is -2.31. The molecule has 0 saturated carbocycles. The number of aromatic nitrogens is 1. The molecule has 1 unspecified atom stereocenters. The summed E-state index contributed by atoms with van der Waals surface area (Å²) < 4.78 is 0. The molecule has 1 aliphatic heterocycles. The Morgan fingerprint density at radius 1 is 1.08 bits per heavy atom. The minimum atomic E-state index is -0.309. The second kappa shape index (κ2) is 11.5. The molecule has 2 aliphatic rings. The molecule has 1 aromatic carbocycles. The van der Waals surface area contributed by atoms with Gasteiger partial charge in [-0.3, -0.25) is 14.6 Å². The van der Waals surface area contributed by atoms with E-state index in [0.717, 1.165) is 54.0 Å². The molecule has 6 nitrogen and oxygen atoms in total. The van der Waals surface area contributed by atoms with Gasteiger partial charge in [0, 0.05) is 24.3 Å². The lowest BCUT2D eigenvalue weighted by Crippen LogP contribution is -2.37. The van der Waals surface area contributed by atoms with Gasteiger partial charge in [-0.25, -0.2) is 0 Å². The highest BCUT2D eigenvalue weighted by Crippen LogP contribution is 2.39. The first-order valence-electron chi connectivity index (χ1n) is 12.9. The molecule has 0 radical (unpaired) electrons. The lowest BCUT2D eigenvalue weighted by molar-refractivity contribution is -0.132. The smallest absolute Gasteiger partial charge is 0.255 e. The standard InChI is InChI=1S/C30H36N4O2/c1-5-34(6-2)30(36)26-12-8-11-25(28(26)22-15-17-31-18-16-22)23-9-7-10-24(19-23)29(35)33-27-14-13-20(3)32-21(27)4/h7-14,19,26,31H,5-6,15-18H2,1-4H3,(H,33,35). The molecule has 188 valence electrons. The molecule has 1 saturated heterocycles. The second-order valence-electron chi connectivity index (χ2n) is 9.34. The normalized spacial score (nSPS) is 17.6. The number of benzene rings is 1. The van der Waals surface area contributed by atoms with E-state index in [9.17, 15) is 9.59 Å². The zero-order valence-corrected chi connectivity index (χ0v) is 21.7. The maximum atomic E-state index is 13.6. The van der Waals surface area contributed by atoms with Crippen molar-refractivity contribution in [2.24, 2.45) is 5.92 Å². The first-order valence-corrected chi connectivity index (χ1v) is 12.9. The third-order valence-corrected chi connectivity index (χ3v) is 7.01. The molecule has 0 bridgehead atoms. The molecule has 4 rings (SSSR count). The zero-order chi connectivity index (χ0) is 25.7. The monoisotopic (exact) mass is 484 g/mol. The first-order chi connectivity index (χ1) is 17.4. The van der Waals surface area contributed by atoms with E-state index in [-0.39, 0.29) is 17.7 Å². The summed E-state index contributed by atoms with van der Waals surface area (Å²) in [4.78, 5) is 33.1. The van der Waals surface area contributed by atoms with E-state index < -0.39 is 0 Å². The van der Waals surface area contributed by atoms with Crippen molar-refractivity contribution in [2.75, 3.05) is 31.5 Å². The van der Waals surface area contributed by atoms with Crippen molar-refractivity contribution in [3.8, 4) is 0 Å². The fourth-order valence-corrected chi connectivity index (χ4v) is 5.06. The molecule has 2 heterocycles. The quantitative estimate of drug-likeness (QED) is 0.600. The van der Waals surface area contributed by atoms with Crippen LogP contribution in [-0.4, -0.2) is 47.9 Å². The van der Waals surface area contributed by atoms with E-state index in [0.29, 0.717) is 24.3 Å². The predicted octanol–water partition coefficient (Wildman–Crippen LogP) is 5.07. The Hall–Kier alpha value is -3.51. The largest absolute Gasteiger partial charge is 0.342 e. The third kappa shape index (κ3) is 5.49. The Balaban J connectivity index is 1.69. The molecule has 1 aromatic heterocycles. The molecule has 1 fully saturated rings. The van der Waals surface area contributed by atoms with E-state index in [4.69, 9.17) is 0 Å². The summed E-state index contributed by atoms with van der Waals surface area (Å²) in [6.45, 7) is 11.1. The summed E-state index contributed by atoms with van der Waals surface area (Å²) in [7, 11) is 0. The Bertz CT molecular complexity index is 1230. The lowest BCUT2D eigenvalue weighted by atomic mass is 9.78. The van der Waals surface area contributed by atoms with Crippen LogP contribution in [0.15, 0.2) is 65.8 Å². The summed E-state index contributed by atoms with van der Waals surface area (Å²) in [5, 5.41) is 6.43. The Kier molecular flexibility index (Phi) is 8.16. The molecule has 36 heavy (non-hydrogen) atoms. The van der Waals surface area contributed by atoms with Gasteiger partial charge in [-0.1, -0.05) is 35.9 Å². The van der Waals surface area contributed by atoms with Gasteiger partial charge in [-0.2, -0.15) is 0 Å². The summed E-state index contributed by atoms with van der Waals surface area (Å²) in [5.74, 6) is -0.347. The average molecular weight is 485 g/mol. The van der Waals surface area contributed by atoms with Gasteiger partial charge in [0.2, 0.25) is 5.91 Å². The number of nitrogens with one attached hydrogen (secondary N) is 2.